The summed E-state index contributed by atoms with van der Waals surface area (Å²) in [6.07, 6.45) is 0. The van der Waals surface area contributed by atoms with Crippen LogP contribution in [0.5, 0.6) is 0 Å². The molecule has 2 aliphatic heterocycles. The molecular weight excluding hydrogens is 399 g/mol. The second kappa shape index (κ2) is 8.33. The van der Waals surface area contributed by atoms with Crippen molar-refractivity contribution in [3.8, 4) is 0 Å². The molecule has 0 radical (unpaired) electrons. The molecule has 2 aromatic rings. The quantitative estimate of drug-likeness (QED) is 0.775. The topological polar surface area (TPSA) is 44.5 Å². The van der Waals surface area contributed by atoms with Crippen LogP contribution >= 0.6 is 35.0 Å². The van der Waals surface area contributed by atoms with Gasteiger partial charge in [-0.1, -0.05) is 53.2 Å². The summed E-state index contributed by atoms with van der Waals surface area (Å²) in [4.78, 5) is 4.81. The van der Waals surface area contributed by atoms with Gasteiger partial charge < -0.3 is 20.9 Å². The smallest absolute Gasteiger partial charge is 0.0974 e. The van der Waals surface area contributed by atoms with E-state index in [-0.39, 0.29) is 0 Å². The molecule has 2 aromatic carbocycles. The van der Waals surface area contributed by atoms with Crippen LogP contribution in [0.1, 0.15) is 11.1 Å². The summed E-state index contributed by atoms with van der Waals surface area (Å²) in [5.74, 6) is 0.872. The van der Waals surface area contributed by atoms with Crippen LogP contribution in [0.3, 0.4) is 0 Å². The Morgan fingerprint density at radius 2 is 1.74 bits per heavy atom. The van der Waals surface area contributed by atoms with Gasteiger partial charge in [0.2, 0.25) is 0 Å². The molecule has 2 heterocycles. The van der Waals surface area contributed by atoms with E-state index in [1.807, 2.05) is 23.9 Å². The second-order valence-electron chi connectivity index (χ2n) is 6.59. The molecule has 0 aromatic heterocycles. The molecular formula is C20H22Cl2N4S. The zero-order valence-corrected chi connectivity index (χ0v) is 17.2. The largest absolute Gasteiger partial charge is 0.362 e. The summed E-state index contributed by atoms with van der Waals surface area (Å²) >= 11 is 14.4. The number of anilines is 1. The molecule has 1 saturated heterocycles. The number of thioether (sulfide) groups is 1. The van der Waals surface area contributed by atoms with Crippen molar-refractivity contribution < 1.29 is 0 Å². The molecule has 0 saturated carbocycles. The number of nitrogens with zero attached hydrogens (tertiary/aromatic N) is 2. The Balaban J connectivity index is 1.77. The van der Waals surface area contributed by atoms with Gasteiger partial charge in [0.05, 0.1) is 26.6 Å². The average Bonchev–Trinajstić information content (AvgIpc) is 3.16. The van der Waals surface area contributed by atoms with Crippen LogP contribution in [-0.4, -0.2) is 37.0 Å². The fraction of sp³-hybridized carbons (Fsp3) is 0.300. The third-order valence-electron chi connectivity index (χ3n) is 4.88. The van der Waals surface area contributed by atoms with Crippen LogP contribution in [-0.2, 0) is 6.54 Å². The van der Waals surface area contributed by atoms with E-state index < -0.39 is 0 Å². The molecule has 2 aliphatic rings. The Bertz CT molecular complexity index is 848. The van der Waals surface area contributed by atoms with Gasteiger partial charge in [0.25, 0.3) is 0 Å². The van der Waals surface area contributed by atoms with Gasteiger partial charge in [0, 0.05) is 44.0 Å². The first-order chi connectivity index (χ1) is 13.2. The Morgan fingerprint density at radius 3 is 2.41 bits per heavy atom. The van der Waals surface area contributed by atoms with E-state index in [0.717, 1.165) is 48.9 Å². The lowest BCUT2D eigenvalue weighted by molar-refractivity contribution is 0.318. The summed E-state index contributed by atoms with van der Waals surface area (Å²) in [6.45, 7) is 4.57. The van der Waals surface area contributed by atoms with E-state index in [1.165, 1.54) is 10.7 Å². The number of nitrogens with one attached hydrogen (secondary N) is 1. The van der Waals surface area contributed by atoms with Crippen LogP contribution in [0.15, 0.2) is 47.5 Å². The minimum absolute atomic E-state index is 0.552. The fourth-order valence-corrected chi connectivity index (χ4v) is 4.98. The molecule has 142 valence electrons. The number of nitrogens with two attached hydrogens (primary N) is 1. The van der Waals surface area contributed by atoms with Crippen LogP contribution in [0.25, 0.3) is 5.70 Å². The van der Waals surface area contributed by atoms with Crippen molar-refractivity contribution in [1.82, 2.24) is 10.2 Å². The van der Waals surface area contributed by atoms with Crippen LogP contribution in [0.4, 0.5) is 5.69 Å². The molecule has 0 spiro atoms. The average molecular weight is 421 g/mol. The minimum Gasteiger partial charge on any atom is -0.362 e. The highest BCUT2D eigenvalue weighted by Gasteiger charge is 2.30. The third kappa shape index (κ3) is 3.93. The number of hydrogen-bond donors (Lipinski definition) is 2. The normalized spacial score (nSPS) is 17.7. The highest BCUT2D eigenvalue weighted by atomic mass is 35.5. The first-order valence-electron chi connectivity index (χ1n) is 9.02. The summed E-state index contributed by atoms with van der Waals surface area (Å²) in [5.41, 5.74) is 10.3. The number of rotatable bonds is 4. The van der Waals surface area contributed by atoms with Gasteiger partial charge in [-0.05, 0) is 29.8 Å². The van der Waals surface area contributed by atoms with Crippen molar-refractivity contribution in [3.05, 3.63) is 68.7 Å². The highest BCUT2D eigenvalue weighted by molar-refractivity contribution is 8.03. The van der Waals surface area contributed by atoms with Crippen molar-refractivity contribution in [2.45, 2.75) is 6.54 Å². The zero-order valence-electron chi connectivity index (χ0n) is 14.9. The predicted molar refractivity (Wildman–Crippen MR) is 117 cm³/mol. The lowest BCUT2D eigenvalue weighted by Crippen LogP contribution is -2.42. The zero-order chi connectivity index (χ0) is 18.8. The first-order valence-corrected chi connectivity index (χ1v) is 10.8. The minimum atomic E-state index is 0.552. The Hall–Kier alpha value is -1.37. The SMILES string of the molecule is NCc1ccc(N2CSC(N3CCNCC3)=C2c2ccc(Cl)c(Cl)c2)cc1. The standard InChI is InChI=1S/C20H22Cl2N4S/c21-17-6-3-15(11-18(17)22)19-20(25-9-7-24-8-10-25)27-13-26(19)16-4-1-14(12-23)2-5-16/h1-6,11,24H,7-10,12-13,23H2. The van der Waals surface area contributed by atoms with Gasteiger partial charge in [-0.2, -0.15) is 0 Å². The van der Waals surface area contributed by atoms with Crippen molar-refractivity contribution >= 4 is 46.3 Å². The molecule has 27 heavy (non-hydrogen) atoms. The maximum Gasteiger partial charge on any atom is 0.0974 e. The van der Waals surface area contributed by atoms with E-state index in [1.54, 1.807) is 0 Å². The molecule has 4 rings (SSSR count). The van der Waals surface area contributed by atoms with Crippen LogP contribution < -0.4 is 16.0 Å². The van der Waals surface area contributed by atoms with Crippen molar-refractivity contribution in [1.29, 1.82) is 0 Å². The Morgan fingerprint density at radius 1 is 1.00 bits per heavy atom. The van der Waals surface area contributed by atoms with E-state index in [4.69, 9.17) is 28.9 Å². The number of hydrogen-bond acceptors (Lipinski definition) is 5. The van der Waals surface area contributed by atoms with E-state index in [9.17, 15) is 0 Å². The molecule has 0 aliphatic carbocycles. The van der Waals surface area contributed by atoms with Gasteiger partial charge in [-0.3, -0.25) is 0 Å². The number of piperazine rings is 1. The number of halogens is 2. The van der Waals surface area contributed by atoms with Gasteiger partial charge in [-0.25, -0.2) is 0 Å². The molecule has 0 amide bonds. The molecule has 1 fully saturated rings. The molecule has 7 heteroatoms. The Labute approximate surface area is 174 Å². The summed E-state index contributed by atoms with van der Waals surface area (Å²) in [7, 11) is 0. The molecule has 0 bridgehead atoms. The number of benzene rings is 2. The van der Waals surface area contributed by atoms with Gasteiger partial charge in [0.15, 0.2) is 0 Å². The van der Waals surface area contributed by atoms with Gasteiger partial charge in [-0.15, -0.1) is 0 Å². The van der Waals surface area contributed by atoms with Gasteiger partial charge in [0.1, 0.15) is 0 Å². The lowest BCUT2D eigenvalue weighted by Gasteiger charge is -2.31. The van der Waals surface area contributed by atoms with E-state index in [0.29, 0.717) is 16.6 Å². The summed E-state index contributed by atoms with van der Waals surface area (Å²) < 4.78 is 0. The van der Waals surface area contributed by atoms with Crippen molar-refractivity contribution in [2.75, 3.05) is 37.0 Å². The van der Waals surface area contributed by atoms with Crippen molar-refractivity contribution in [2.24, 2.45) is 5.73 Å². The second-order valence-corrected chi connectivity index (χ2v) is 8.34. The highest BCUT2D eigenvalue weighted by Crippen LogP contribution is 2.43. The molecule has 0 unspecified atom stereocenters. The van der Waals surface area contributed by atoms with Crippen molar-refractivity contribution in [3.63, 3.8) is 0 Å². The maximum absolute atomic E-state index is 6.34. The van der Waals surface area contributed by atoms with Crippen LogP contribution in [0.2, 0.25) is 10.0 Å². The Kier molecular flexibility index (Phi) is 5.85. The molecule has 0 atom stereocenters. The molecule has 3 N–H and O–H groups in total. The third-order valence-corrected chi connectivity index (χ3v) is 6.74. The first kappa shape index (κ1) is 19.0. The van der Waals surface area contributed by atoms with E-state index >= 15 is 0 Å². The molecule has 4 nitrogen and oxygen atoms in total. The lowest BCUT2D eigenvalue weighted by atomic mass is 10.1. The predicted octanol–water partition coefficient (Wildman–Crippen LogP) is 4.19. The summed E-state index contributed by atoms with van der Waals surface area (Å²) in [5, 5.41) is 5.89. The maximum atomic E-state index is 6.34. The van der Waals surface area contributed by atoms with E-state index in [2.05, 4.69) is 45.4 Å². The fourth-order valence-electron chi connectivity index (χ4n) is 3.42. The summed E-state index contributed by atoms with van der Waals surface area (Å²) in [6, 6.07) is 14.4. The monoisotopic (exact) mass is 420 g/mol. The van der Waals surface area contributed by atoms with Crippen LogP contribution in [0, 0.1) is 0 Å². The van der Waals surface area contributed by atoms with Gasteiger partial charge >= 0.3 is 0 Å².